The van der Waals surface area contributed by atoms with E-state index < -0.39 is 23.7 Å². The molecule has 1 fully saturated rings. The molecule has 0 aromatic heterocycles. The summed E-state index contributed by atoms with van der Waals surface area (Å²) >= 11 is 0. The van der Waals surface area contributed by atoms with Crippen molar-refractivity contribution in [3.8, 4) is 11.8 Å². The van der Waals surface area contributed by atoms with E-state index in [9.17, 15) is 18.8 Å². The molecule has 1 aromatic rings. The van der Waals surface area contributed by atoms with Crippen LogP contribution in [-0.2, 0) is 16.1 Å². The van der Waals surface area contributed by atoms with Gasteiger partial charge in [0.05, 0.1) is 13.1 Å². The van der Waals surface area contributed by atoms with E-state index in [1.165, 1.54) is 25.2 Å². The molecule has 1 aromatic carbocycles. The molecule has 0 unspecified atom stereocenters. The largest absolute Gasteiger partial charge is 0.334 e. The first-order chi connectivity index (χ1) is 9.93. The summed E-state index contributed by atoms with van der Waals surface area (Å²) in [5, 5.41) is 0. The Labute approximate surface area is 120 Å². The number of halogens is 1. The number of urea groups is 1. The highest BCUT2D eigenvalue weighted by molar-refractivity contribution is 6.44. The van der Waals surface area contributed by atoms with Crippen molar-refractivity contribution in [2.75, 3.05) is 13.6 Å². The minimum atomic E-state index is -0.929. The summed E-state index contributed by atoms with van der Waals surface area (Å²) in [6, 6.07) is 3.20. The van der Waals surface area contributed by atoms with E-state index in [1.54, 1.807) is 0 Å². The lowest BCUT2D eigenvalue weighted by atomic mass is 10.1. The summed E-state index contributed by atoms with van der Waals surface area (Å²) < 4.78 is 13.5. The SMILES string of the molecule is CN1C(=O)C(=O)N(Cc2cc(F)cc(C#CCN)c2)C1=O. The molecule has 0 radical (unpaired) electrons. The van der Waals surface area contributed by atoms with Crippen molar-refractivity contribution in [3.05, 3.63) is 35.1 Å². The fourth-order valence-electron chi connectivity index (χ4n) is 1.90. The van der Waals surface area contributed by atoms with Crippen LogP contribution in [0.25, 0.3) is 0 Å². The van der Waals surface area contributed by atoms with Crippen LogP contribution in [0.1, 0.15) is 11.1 Å². The number of nitrogens with zero attached hydrogens (tertiary/aromatic N) is 2. The first-order valence-electron chi connectivity index (χ1n) is 6.06. The van der Waals surface area contributed by atoms with Gasteiger partial charge in [-0.05, 0) is 23.8 Å². The minimum absolute atomic E-state index is 0.133. The fraction of sp³-hybridized carbons (Fsp3) is 0.214. The molecule has 0 aliphatic carbocycles. The third kappa shape index (κ3) is 2.90. The highest BCUT2D eigenvalue weighted by Gasteiger charge is 2.42. The second-order valence-electron chi connectivity index (χ2n) is 4.39. The van der Waals surface area contributed by atoms with Crippen LogP contribution in [0.3, 0.4) is 0 Å². The van der Waals surface area contributed by atoms with E-state index in [1.807, 2.05) is 0 Å². The molecule has 1 aliphatic heterocycles. The number of nitrogens with two attached hydrogens (primary N) is 1. The smallest absolute Gasteiger partial charge is 0.320 e. The van der Waals surface area contributed by atoms with E-state index in [2.05, 4.69) is 11.8 Å². The highest BCUT2D eigenvalue weighted by atomic mass is 19.1. The molecule has 4 amide bonds. The van der Waals surface area contributed by atoms with Crippen LogP contribution in [0.2, 0.25) is 0 Å². The molecule has 1 aliphatic rings. The lowest BCUT2D eigenvalue weighted by molar-refractivity contribution is -0.143. The van der Waals surface area contributed by atoms with Gasteiger partial charge in [0, 0.05) is 12.6 Å². The number of carbonyl (C=O) groups excluding carboxylic acids is 3. The Morgan fingerprint density at radius 3 is 2.48 bits per heavy atom. The maximum atomic E-state index is 13.5. The van der Waals surface area contributed by atoms with Crippen molar-refractivity contribution in [2.24, 2.45) is 5.73 Å². The molecule has 21 heavy (non-hydrogen) atoms. The van der Waals surface area contributed by atoms with Crippen molar-refractivity contribution in [3.63, 3.8) is 0 Å². The zero-order valence-corrected chi connectivity index (χ0v) is 11.2. The highest BCUT2D eigenvalue weighted by Crippen LogP contribution is 2.16. The van der Waals surface area contributed by atoms with Gasteiger partial charge in [-0.1, -0.05) is 11.8 Å². The van der Waals surface area contributed by atoms with Crippen molar-refractivity contribution in [2.45, 2.75) is 6.54 Å². The van der Waals surface area contributed by atoms with Crippen LogP contribution in [0.4, 0.5) is 9.18 Å². The Hall–Kier alpha value is -2.72. The molecule has 6 nitrogen and oxygen atoms in total. The van der Waals surface area contributed by atoms with Gasteiger partial charge in [-0.15, -0.1) is 0 Å². The molecule has 7 heteroatoms. The van der Waals surface area contributed by atoms with Crippen molar-refractivity contribution in [1.29, 1.82) is 0 Å². The topological polar surface area (TPSA) is 83.7 Å². The van der Waals surface area contributed by atoms with Gasteiger partial charge in [0.2, 0.25) is 0 Å². The summed E-state index contributed by atoms with van der Waals surface area (Å²) in [6.45, 7) is -0.0585. The van der Waals surface area contributed by atoms with E-state index in [0.29, 0.717) is 11.1 Å². The minimum Gasteiger partial charge on any atom is -0.320 e. The number of hydrogen-bond acceptors (Lipinski definition) is 4. The summed E-state index contributed by atoms with van der Waals surface area (Å²) in [6.07, 6.45) is 0. The summed E-state index contributed by atoms with van der Waals surface area (Å²) in [5.74, 6) is 2.87. The first-order valence-corrected chi connectivity index (χ1v) is 6.06. The lowest BCUT2D eigenvalue weighted by Gasteiger charge is -2.13. The Bertz CT molecular complexity index is 690. The summed E-state index contributed by atoms with van der Waals surface area (Å²) in [7, 11) is 1.21. The summed E-state index contributed by atoms with van der Waals surface area (Å²) in [5.41, 5.74) is 5.99. The maximum absolute atomic E-state index is 13.5. The number of carbonyl (C=O) groups is 3. The molecule has 0 atom stereocenters. The molecule has 0 saturated carbocycles. The third-order valence-electron chi connectivity index (χ3n) is 2.88. The van der Waals surface area contributed by atoms with Gasteiger partial charge in [0.25, 0.3) is 0 Å². The molecule has 0 bridgehead atoms. The number of rotatable bonds is 2. The standard InChI is InChI=1S/C14H12FN3O3/c1-17-12(19)13(20)18(14(17)21)8-10-5-9(3-2-4-16)6-11(15)7-10/h5-7H,4,8,16H2,1H3. The third-order valence-corrected chi connectivity index (χ3v) is 2.88. The average Bonchev–Trinajstić information content (AvgIpc) is 2.62. The number of likely N-dealkylation sites (N-methyl/N-ethyl adjacent to an activating group) is 1. The van der Waals surface area contributed by atoms with Crippen LogP contribution in [0.5, 0.6) is 0 Å². The van der Waals surface area contributed by atoms with Gasteiger partial charge >= 0.3 is 17.8 Å². The van der Waals surface area contributed by atoms with Crippen LogP contribution >= 0.6 is 0 Å². The zero-order valence-electron chi connectivity index (χ0n) is 11.2. The van der Waals surface area contributed by atoms with Crippen LogP contribution < -0.4 is 5.73 Å². The Morgan fingerprint density at radius 2 is 1.90 bits per heavy atom. The molecular weight excluding hydrogens is 277 g/mol. The molecule has 108 valence electrons. The summed E-state index contributed by atoms with van der Waals surface area (Å²) in [4.78, 5) is 36.3. The predicted molar refractivity (Wildman–Crippen MR) is 71.0 cm³/mol. The number of benzene rings is 1. The molecular formula is C14H12FN3O3. The fourth-order valence-corrected chi connectivity index (χ4v) is 1.90. The van der Waals surface area contributed by atoms with Gasteiger partial charge in [-0.2, -0.15) is 0 Å². The Morgan fingerprint density at radius 1 is 1.19 bits per heavy atom. The van der Waals surface area contributed by atoms with Gasteiger partial charge in [-0.3, -0.25) is 19.4 Å². The quantitative estimate of drug-likeness (QED) is 0.474. The van der Waals surface area contributed by atoms with Crippen molar-refractivity contribution < 1.29 is 18.8 Å². The van der Waals surface area contributed by atoms with Gasteiger partial charge in [0.15, 0.2) is 0 Å². The van der Waals surface area contributed by atoms with Gasteiger partial charge in [0.1, 0.15) is 5.82 Å². The second kappa shape index (κ2) is 5.73. The Kier molecular flexibility index (Phi) is 4.00. The number of hydrogen-bond donors (Lipinski definition) is 1. The molecule has 0 spiro atoms. The van der Waals surface area contributed by atoms with Gasteiger partial charge < -0.3 is 5.73 Å². The number of imide groups is 2. The van der Waals surface area contributed by atoms with E-state index in [0.717, 1.165) is 9.80 Å². The van der Waals surface area contributed by atoms with E-state index in [4.69, 9.17) is 5.73 Å². The molecule has 2 N–H and O–H groups in total. The van der Waals surface area contributed by atoms with Crippen LogP contribution in [0, 0.1) is 17.7 Å². The van der Waals surface area contributed by atoms with Crippen LogP contribution in [-0.4, -0.2) is 41.2 Å². The van der Waals surface area contributed by atoms with Crippen molar-refractivity contribution in [1.82, 2.24) is 9.80 Å². The lowest BCUT2D eigenvalue weighted by Crippen LogP contribution is -2.31. The van der Waals surface area contributed by atoms with Crippen LogP contribution in [0.15, 0.2) is 18.2 Å². The molecule has 1 heterocycles. The van der Waals surface area contributed by atoms with E-state index >= 15 is 0 Å². The molecule has 2 rings (SSSR count). The first kappa shape index (κ1) is 14.7. The second-order valence-corrected chi connectivity index (χ2v) is 4.39. The predicted octanol–water partition coefficient (Wildman–Crippen LogP) is 0.0565. The maximum Gasteiger partial charge on any atom is 0.334 e. The number of amides is 4. The normalized spacial score (nSPS) is 14.5. The average molecular weight is 289 g/mol. The van der Waals surface area contributed by atoms with Crippen molar-refractivity contribution >= 4 is 17.8 Å². The zero-order chi connectivity index (χ0) is 15.6. The van der Waals surface area contributed by atoms with E-state index in [-0.39, 0.29) is 13.1 Å². The van der Waals surface area contributed by atoms with Gasteiger partial charge in [-0.25, -0.2) is 9.18 Å². The molecule has 1 saturated heterocycles. The monoisotopic (exact) mass is 289 g/mol. The Balaban J connectivity index is 2.28.